The highest BCUT2D eigenvalue weighted by Gasteiger charge is 2.33. The van der Waals surface area contributed by atoms with Crippen molar-refractivity contribution in [1.29, 1.82) is 0 Å². The highest BCUT2D eigenvalue weighted by Crippen LogP contribution is 2.31. The molecule has 0 saturated carbocycles. The van der Waals surface area contributed by atoms with Crippen LogP contribution in [0.2, 0.25) is 0 Å². The van der Waals surface area contributed by atoms with Crippen LogP contribution in [-0.4, -0.2) is 45.4 Å². The molecule has 0 radical (unpaired) electrons. The first-order chi connectivity index (χ1) is 11.7. The number of allylic oxidation sites excluding steroid dienone is 1. The average molecular weight is 368 g/mol. The van der Waals surface area contributed by atoms with Crippen molar-refractivity contribution in [2.24, 2.45) is 0 Å². The number of ether oxygens (including phenoxy) is 1. The first kappa shape index (κ1) is 17.4. The molecule has 1 aromatic rings. The number of halogens is 1. The number of hydrogen-bond acceptors (Lipinski definition) is 5. The van der Waals surface area contributed by atoms with Crippen molar-refractivity contribution in [3.8, 4) is 0 Å². The van der Waals surface area contributed by atoms with Gasteiger partial charge in [0.1, 0.15) is 11.9 Å². The highest BCUT2D eigenvalue weighted by atomic mass is 32.2. The average Bonchev–Trinajstić information content (AvgIpc) is 3.07. The Hall–Kier alpha value is -2.42. The SMILES string of the molecule is CC(=O)NCC1CN(c2ccc(C3=CS(=O)(=O)CC3)c(F)c2)C(=O)O1. The molecule has 3 rings (SSSR count). The monoisotopic (exact) mass is 368 g/mol. The number of anilines is 1. The molecule has 2 aliphatic rings. The third-order valence-electron chi connectivity index (χ3n) is 4.04. The molecule has 1 fully saturated rings. The molecule has 1 unspecified atom stereocenters. The molecule has 2 amide bonds. The fraction of sp³-hybridized carbons (Fsp3) is 0.375. The number of amides is 2. The highest BCUT2D eigenvalue weighted by molar-refractivity contribution is 7.94. The number of carbonyl (C=O) groups excluding carboxylic acids is 2. The number of benzene rings is 1. The first-order valence-corrected chi connectivity index (χ1v) is 9.42. The van der Waals surface area contributed by atoms with Crippen molar-refractivity contribution in [1.82, 2.24) is 5.32 Å². The van der Waals surface area contributed by atoms with E-state index in [1.54, 1.807) is 6.07 Å². The molecule has 0 aromatic heterocycles. The minimum atomic E-state index is -3.26. The van der Waals surface area contributed by atoms with Crippen LogP contribution in [-0.2, 0) is 19.4 Å². The second-order valence-corrected chi connectivity index (χ2v) is 7.95. The van der Waals surface area contributed by atoms with Crippen LogP contribution in [0, 0.1) is 5.82 Å². The molecule has 2 aliphatic heterocycles. The van der Waals surface area contributed by atoms with Gasteiger partial charge in [-0.25, -0.2) is 17.6 Å². The Morgan fingerprint density at radius 1 is 1.44 bits per heavy atom. The van der Waals surface area contributed by atoms with Gasteiger partial charge in [0.05, 0.1) is 24.5 Å². The van der Waals surface area contributed by atoms with Crippen LogP contribution in [0.5, 0.6) is 0 Å². The first-order valence-electron chi connectivity index (χ1n) is 7.71. The van der Waals surface area contributed by atoms with Gasteiger partial charge in [0.15, 0.2) is 9.84 Å². The molecule has 1 atom stereocenters. The maximum absolute atomic E-state index is 14.4. The lowest BCUT2D eigenvalue weighted by Gasteiger charge is -2.14. The van der Waals surface area contributed by atoms with Crippen molar-refractivity contribution in [2.75, 3.05) is 23.7 Å². The lowest BCUT2D eigenvalue weighted by molar-refractivity contribution is -0.119. The van der Waals surface area contributed by atoms with Gasteiger partial charge in [0, 0.05) is 17.9 Å². The quantitative estimate of drug-likeness (QED) is 0.868. The summed E-state index contributed by atoms with van der Waals surface area (Å²) in [5.74, 6) is -0.851. The van der Waals surface area contributed by atoms with Gasteiger partial charge in [0.2, 0.25) is 5.91 Å². The maximum Gasteiger partial charge on any atom is 0.414 e. The number of rotatable bonds is 4. The van der Waals surface area contributed by atoms with E-state index in [0.717, 1.165) is 5.41 Å². The van der Waals surface area contributed by atoms with Gasteiger partial charge in [-0.1, -0.05) is 0 Å². The summed E-state index contributed by atoms with van der Waals surface area (Å²) < 4.78 is 42.5. The van der Waals surface area contributed by atoms with Crippen LogP contribution < -0.4 is 10.2 Å². The van der Waals surface area contributed by atoms with E-state index in [4.69, 9.17) is 4.74 Å². The van der Waals surface area contributed by atoms with Crippen LogP contribution in [0.4, 0.5) is 14.9 Å². The summed E-state index contributed by atoms with van der Waals surface area (Å²) in [6, 6.07) is 4.20. The van der Waals surface area contributed by atoms with E-state index in [0.29, 0.717) is 11.3 Å². The van der Waals surface area contributed by atoms with Gasteiger partial charge in [0.25, 0.3) is 0 Å². The van der Waals surface area contributed by atoms with Crippen molar-refractivity contribution < 1.29 is 27.1 Å². The fourth-order valence-electron chi connectivity index (χ4n) is 2.81. The molecular weight excluding hydrogens is 351 g/mol. The van der Waals surface area contributed by atoms with Gasteiger partial charge in [-0.2, -0.15) is 0 Å². The van der Waals surface area contributed by atoms with Crippen molar-refractivity contribution in [2.45, 2.75) is 19.4 Å². The smallest absolute Gasteiger partial charge is 0.414 e. The second-order valence-electron chi connectivity index (χ2n) is 5.98. The van der Waals surface area contributed by atoms with Crippen LogP contribution in [0.1, 0.15) is 18.9 Å². The summed E-state index contributed by atoms with van der Waals surface area (Å²) in [6.45, 7) is 1.73. The van der Waals surface area contributed by atoms with Gasteiger partial charge in [-0.15, -0.1) is 0 Å². The van der Waals surface area contributed by atoms with E-state index in [1.165, 1.54) is 24.0 Å². The molecule has 0 bridgehead atoms. The van der Waals surface area contributed by atoms with Crippen molar-refractivity contribution in [3.05, 3.63) is 35.0 Å². The molecule has 1 aromatic carbocycles. The number of nitrogens with zero attached hydrogens (tertiary/aromatic N) is 1. The predicted molar refractivity (Wildman–Crippen MR) is 89.1 cm³/mol. The number of cyclic esters (lactones) is 1. The molecular formula is C16H17FN2O5S. The lowest BCUT2D eigenvalue weighted by atomic mass is 10.0. The summed E-state index contributed by atoms with van der Waals surface area (Å²) in [6.07, 6.45) is -0.865. The fourth-order valence-corrected chi connectivity index (χ4v) is 4.11. The zero-order chi connectivity index (χ0) is 18.2. The molecule has 0 aliphatic carbocycles. The van der Waals surface area contributed by atoms with Crippen molar-refractivity contribution in [3.63, 3.8) is 0 Å². The topological polar surface area (TPSA) is 92.8 Å². The van der Waals surface area contributed by atoms with Crippen LogP contribution in [0.15, 0.2) is 23.6 Å². The standard InChI is InChI=1S/C16H17FN2O5S/c1-10(20)18-7-13-8-19(16(21)24-13)12-2-3-14(15(17)6-12)11-4-5-25(22,23)9-11/h2-3,6,9,13H,4-5,7-8H2,1H3,(H,18,20). The molecule has 25 heavy (non-hydrogen) atoms. The maximum atomic E-state index is 14.4. The summed E-state index contributed by atoms with van der Waals surface area (Å²) in [7, 11) is -3.26. The summed E-state index contributed by atoms with van der Waals surface area (Å²) in [5, 5.41) is 3.66. The zero-order valence-corrected chi connectivity index (χ0v) is 14.3. The number of hydrogen-bond donors (Lipinski definition) is 1. The Morgan fingerprint density at radius 2 is 2.20 bits per heavy atom. The minimum Gasteiger partial charge on any atom is -0.442 e. The van der Waals surface area contributed by atoms with E-state index < -0.39 is 27.9 Å². The van der Waals surface area contributed by atoms with E-state index in [-0.39, 0.29) is 36.7 Å². The molecule has 2 heterocycles. The van der Waals surface area contributed by atoms with Gasteiger partial charge in [-0.3, -0.25) is 9.69 Å². The van der Waals surface area contributed by atoms with E-state index in [2.05, 4.69) is 5.32 Å². The third kappa shape index (κ3) is 3.81. The zero-order valence-electron chi connectivity index (χ0n) is 13.5. The normalized spacial score (nSPS) is 21.8. The predicted octanol–water partition coefficient (Wildman–Crippen LogP) is 1.45. The molecule has 1 saturated heterocycles. The second kappa shape index (κ2) is 6.47. The Bertz CT molecular complexity index is 865. The lowest BCUT2D eigenvalue weighted by Crippen LogP contribution is -2.33. The van der Waals surface area contributed by atoms with Crippen molar-refractivity contribution >= 4 is 33.1 Å². The van der Waals surface area contributed by atoms with E-state index >= 15 is 0 Å². The molecule has 134 valence electrons. The Morgan fingerprint density at radius 3 is 2.80 bits per heavy atom. The van der Waals surface area contributed by atoms with Crippen LogP contribution >= 0.6 is 0 Å². The summed E-state index contributed by atoms with van der Waals surface area (Å²) in [4.78, 5) is 24.1. The summed E-state index contributed by atoms with van der Waals surface area (Å²) >= 11 is 0. The van der Waals surface area contributed by atoms with E-state index in [9.17, 15) is 22.4 Å². The Kier molecular flexibility index (Phi) is 4.51. The van der Waals surface area contributed by atoms with Crippen LogP contribution in [0.25, 0.3) is 5.57 Å². The van der Waals surface area contributed by atoms with E-state index in [1.807, 2.05) is 0 Å². The molecule has 1 N–H and O–H groups in total. The van der Waals surface area contributed by atoms with Gasteiger partial charge in [-0.05, 0) is 30.2 Å². The Balaban J connectivity index is 1.77. The number of nitrogens with one attached hydrogen (secondary N) is 1. The molecule has 0 spiro atoms. The summed E-state index contributed by atoms with van der Waals surface area (Å²) in [5.41, 5.74) is 0.960. The largest absolute Gasteiger partial charge is 0.442 e. The Labute approximate surface area is 144 Å². The third-order valence-corrected chi connectivity index (χ3v) is 5.46. The molecule has 7 nitrogen and oxygen atoms in total. The van der Waals surface area contributed by atoms with Crippen LogP contribution in [0.3, 0.4) is 0 Å². The number of carbonyl (C=O) groups is 2. The molecule has 9 heteroatoms. The minimum absolute atomic E-state index is 0.0210. The number of sulfone groups is 1. The van der Waals surface area contributed by atoms with Gasteiger partial charge < -0.3 is 10.1 Å². The van der Waals surface area contributed by atoms with Gasteiger partial charge >= 0.3 is 6.09 Å².